The van der Waals surface area contributed by atoms with Gasteiger partial charge in [0.1, 0.15) is 5.52 Å². The Balaban J connectivity index is 1.30. The average molecular weight is 325 g/mol. The highest BCUT2D eigenvalue weighted by Crippen LogP contribution is 2.40. The van der Waals surface area contributed by atoms with E-state index in [4.69, 9.17) is 4.42 Å². The van der Waals surface area contributed by atoms with Gasteiger partial charge in [0.25, 0.3) is 0 Å². The number of amides is 1. The molecule has 2 saturated carbocycles. The highest BCUT2D eigenvalue weighted by Gasteiger charge is 2.38. The van der Waals surface area contributed by atoms with Crippen LogP contribution in [0.15, 0.2) is 22.6 Å². The van der Waals surface area contributed by atoms with E-state index in [2.05, 4.69) is 15.6 Å². The third kappa shape index (κ3) is 2.61. The van der Waals surface area contributed by atoms with Crippen molar-refractivity contribution in [3.05, 3.63) is 24.1 Å². The minimum Gasteiger partial charge on any atom is -0.440 e. The normalized spacial score (nSPS) is 29.6. The molecule has 2 N–H and O–H groups in total. The molecular weight excluding hydrogens is 302 g/mol. The van der Waals surface area contributed by atoms with Gasteiger partial charge in [0, 0.05) is 17.6 Å². The van der Waals surface area contributed by atoms with Crippen molar-refractivity contribution in [2.24, 2.45) is 5.92 Å². The van der Waals surface area contributed by atoms with E-state index in [9.17, 15) is 4.79 Å². The first-order chi connectivity index (χ1) is 11.8. The molecule has 1 saturated heterocycles. The number of carbonyl (C=O) groups is 1. The quantitative estimate of drug-likeness (QED) is 0.905. The van der Waals surface area contributed by atoms with Crippen LogP contribution >= 0.6 is 0 Å². The van der Waals surface area contributed by atoms with Crippen molar-refractivity contribution < 1.29 is 9.21 Å². The first-order valence-corrected chi connectivity index (χ1v) is 9.24. The zero-order valence-electron chi connectivity index (χ0n) is 13.8. The highest BCUT2D eigenvalue weighted by molar-refractivity contribution is 5.96. The van der Waals surface area contributed by atoms with Gasteiger partial charge in [0.2, 0.25) is 5.91 Å². The number of fused-ring (bicyclic) bond motifs is 2. The van der Waals surface area contributed by atoms with Crippen LogP contribution in [0.1, 0.15) is 56.8 Å². The monoisotopic (exact) mass is 325 g/mol. The lowest BCUT2D eigenvalue weighted by atomic mass is 9.85. The molecule has 3 unspecified atom stereocenters. The lowest BCUT2D eigenvalue weighted by Gasteiger charge is -2.24. The van der Waals surface area contributed by atoms with Crippen molar-refractivity contribution >= 4 is 22.7 Å². The number of rotatable bonds is 3. The van der Waals surface area contributed by atoms with Crippen LogP contribution in [0.4, 0.5) is 5.69 Å². The van der Waals surface area contributed by atoms with Crippen LogP contribution in [0.5, 0.6) is 0 Å². The highest BCUT2D eigenvalue weighted by atomic mass is 16.3. The summed E-state index contributed by atoms with van der Waals surface area (Å²) in [5.41, 5.74) is 2.45. The van der Waals surface area contributed by atoms with Crippen molar-refractivity contribution in [2.45, 2.75) is 62.9 Å². The van der Waals surface area contributed by atoms with Crippen LogP contribution in [-0.2, 0) is 4.79 Å². The number of aromatic nitrogens is 1. The van der Waals surface area contributed by atoms with E-state index >= 15 is 0 Å². The van der Waals surface area contributed by atoms with E-state index in [0.29, 0.717) is 17.9 Å². The van der Waals surface area contributed by atoms with Crippen LogP contribution in [-0.4, -0.2) is 23.0 Å². The summed E-state index contributed by atoms with van der Waals surface area (Å²) < 4.78 is 5.78. The molecule has 2 aromatic rings. The number of nitrogens with zero attached hydrogens (tertiary/aromatic N) is 1. The van der Waals surface area contributed by atoms with Gasteiger partial charge in [-0.1, -0.05) is 12.8 Å². The third-order valence-corrected chi connectivity index (χ3v) is 5.78. The standard InChI is InChI=1S/C19H23N3O2/c23-18(16-9-12-3-1-2-4-14(12)21-16)20-13-7-8-17-15(10-13)22-19(24-17)11-5-6-11/h7-8,10-12,14,16,21H,1-6,9H2,(H,20,23). The fourth-order valence-corrected chi connectivity index (χ4v) is 4.28. The zero-order valence-corrected chi connectivity index (χ0v) is 13.8. The van der Waals surface area contributed by atoms with E-state index < -0.39 is 0 Å². The fourth-order valence-electron chi connectivity index (χ4n) is 4.28. The minimum atomic E-state index is -0.0619. The molecule has 1 amide bonds. The van der Waals surface area contributed by atoms with Gasteiger partial charge in [-0.15, -0.1) is 0 Å². The second-order valence-electron chi connectivity index (χ2n) is 7.60. The minimum absolute atomic E-state index is 0.0619. The second-order valence-corrected chi connectivity index (χ2v) is 7.60. The van der Waals surface area contributed by atoms with E-state index in [1.54, 1.807) is 0 Å². The molecule has 1 aromatic carbocycles. The predicted molar refractivity (Wildman–Crippen MR) is 91.9 cm³/mol. The molecule has 2 aliphatic carbocycles. The number of benzene rings is 1. The van der Waals surface area contributed by atoms with Gasteiger partial charge < -0.3 is 15.1 Å². The number of carbonyl (C=O) groups excluding carboxylic acids is 1. The number of anilines is 1. The van der Waals surface area contributed by atoms with Crippen LogP contribution in [0.3, 0.4) is 0 Å². The Morgan fingerprint density at radius 1 is 1.21 bits per heavy atom. The lowest BCUT2D eigenvalue weighted by molar-refractivity contribution is -0.117. The summed E-state index contributed by atoms with van der Waals surface area (Å²) in [5.74, 6) is 2.10. The van der Waals surface area contributed by atoms with Gasteiger partial charge in [0.15, 0.2) is 11.5 Å². The topological polar surface area (TPSA) is 67.2 Å². The maximum Gasteiger partial charge on any atom is 0.241 e. The van der Waals surface area contributed by atoms with E-state index in [1.807, 2.05) is 18.2 Å². The fraction of sp³-hybridized carbons (Fsp3) is 0.579. The van der Waals surface area contributed by atoms with Crippen LogP contribution in [0.25, 0.3) is 11.1 Å². The summed E-state index contributed by atoms with van der Waals surface area (Å²) in [6.45, 7) is 0. The van der Waals surface area contributed by atoms with Crippen LogP contribution in [0.2, 0.25) is 0 Å². The number of hydrogen-bond acceptors (Lipinski definition) is 4. The van der Waals surface area contributed by atoms with Crippen molar-refractivity contribution in [2.75, 3.05) is 5.32 Å². The lowest BCUT2D eigenvalue weighted by Crippen LogP contribution is -2.39. The Morgan fingerprint density at radius 2 is 2.08 bits per heavy atom. The van der Waals surface area contributed by atoms with Gasteiger partial charge in [-0.25, -0.2) is 4.98 Å². The summed E-state index contributed by atoms with van der Waals surface area (Å²) in [6, 6.07) is 6.21. The van der Waals surface area contributed by atoms with Crippen molar-refractivity contribution in [1.82, 2.24) is 10.3 Å². The molecule has 0 bridgehead atoms. The van der Waals surface area contributed by atoms with Gasteiger partial charge in [0.05, 0.1) is 6.04 Å². The summed E-state index contributed by atoms with van der Waals surface area (Å²) in [5, 5.41) is 6.59. The van der Waals surface area contributed by atoms with Crippen molar-refractivity contribution in [3.8, 4) is 0 Å². The molecule has 5 heteroatoms. The molecule has 5 rings (SSSR count). The summed E-state index contributed by atoms with van der Waals surface area (Å²) >= 11 is 0. The molecule has 126 valence electrons. The molecule has 0 spiro atoms. The Bertz CT molecular complexity index is 766. The molecule has 1 aliphatic heterocycles. The third-order valence-electron chi connectivity index (χ3n) is 5.78. The van der Waals surface area contributed by atoms with Gasteiger partial charge in [-0.05, 0) is 56.2 Å². The summed E-state index contributed by atoms with van der Waals surface area (Å²) in [6.07, 6.45) is 8.38. The second kappa shape index (κ2) is 5.59. The van der Waals surface area contributed by atoms with Crippen molar-refractivity contribution in [1.29, 1.82) is 0 Å². The Kier molecular flexibility index (Phi) is 3.37. The Labute approximate surface area is 141 Å². The SMILES string of the molecule is O=C(Nc1ccc2oc(C3CC3)nc2c1)C1CC2CCCCC2N1. The molecule has 0 radical (unpaired) electrons. The molecule has 3 fully saturated rings. The van der Waals surface area contributed by atoms with Crippen LogP contribution in [0, 0.1) is 5.92 Å². The van der Waals surface area contributed by atoms with E-state index in [-0.39, 0.29) is 11.9 Å². The zero-order chi connectivity index (χ0) is 16.1. The van der Waals surface area contributed by atoms with Gasteiger partial charge in [-0.2, -0.15) is 0 Å². The molecule has 1 aromatic heterocycles. The van der Waals surface area contributed by atoms with Crippen molar-refractivity contribution in [3.63, 3.8) is 0 Å². The number of hydrogen-bond donors (Lipinski definition) is 2. The molecule has 5 nitrogen and oxygen atoms in total. The van der Waals surface area contributed by atoms with E-state index in [0.717, 1.165) is 29.1 Å². The molecule has 3 atom stereocenters. The molecule has 3 aliphatic rings. The Morgan fingerprint density at radius 3 is 2.92 bits per heavy atom. The maximum atomic E-state index is 12.6. The predicted octanol–water partition coefficient (Wildman–Crippen LogP) is 3.56. The summed E-state index contributed by atoms with van der Waals surface area (Å²) in [4.78, 5) is 17.2. The van der Waals surface area contributed by atoms with Crippen LogP contribution < -0.4 is 10.6 Å². The number of nitrogens with one attached hydrogen (secondary N) is 2. The van der Waals surface area contributed by atoms with Gasteiger partial charge >= 0.3 is 0 Å². The maximum absolute atomic E-state index is 12.6. The first kappa shape index (κ1) is 14.5. The molecule has 24 heavy (non-hydrogen) atoms. The largest absolute Gasteiger partial charge is 0.440 e. The van der Waals surface area contributed by atoms with Gasteiger partial charge in [-0.3, -0.25) is 4.79 Å². The Hall–Kier alpha value is -1.88. The average Bonchev–Trinajstić information content (AvgIpc) is 3.20. The first-order valence-electron chi connectivity index (χ1n) is 9.24. The summed E-state index contributed by atoms with van der Waals surface area (Å²) in [7, 11) is 0. The molecule has 2 heterocycles. The number of oxazole rings is 1. The van der Waals surface area contributed by atoms with E-state index in [1.165, 1.54) is 38.5 Å². The molecular formula is C19H23N3O2. The smallest absolute Gasteiger partial charge is 0.241 e.